The molecule has 0 amide bonds. The molecule has 0 aliphatic heterocycles. The summed E-state index contributed by atoms with van der Waals surface area (Å²) in [4.78, 5) is 11.1. The molecule has 0 radical (unpaired) electrons. The first-order chi connectivity index (χ1) is 13.7. The van der Waals surface area contributed by atoms with Crippen LogP contribution >= 0.6 is 0 Å². The van der Waals surface area contributed by atoms with Gasteiger partial charge in [0.15, 0.2) is 0 Å². The molecule has 0 aliphatic carbocycles. The molecule has 0 unspecified atom stereocenters. The lowest BCUT2D eigenvalue weighted by Crippen LogP contribution is -2.00. The second-order valence-electron chi connectivity index (χ2n) is 6.24. The highest BCUT2D eigenvalue weighted by Crippen LogP contribution is 2.34. The predicted molar refractivity (Wildman–Crippen MR) is 108 cm³/mol. The van der Waals surface area contributed by atoms with E-state index in [4.69, 9.17) is 14.9 Å². The molecule has 0 saturated carbocycles. The lowest BCUT2D eigenvalue weighted by molar-refractivity contribution is 0.0697. The monoisotopic (exact) mass is 370 g/mol. The number of aromatic nitrogens is 2. The Kier molecular flexibility index (Phi) is 4.64. The first-order valence-corrected chi connectivity index (χ1v) is 8.80. The normalized spacial score (nSPS) is 10.6. The van der Waals surface area contributed by atoms with Crippen molar-refractivity contribution in [1.29, 1.82) is 0 Å². The third-order valence-corrected chi connectivity index (χ3v) is 4.52. The van der Waals surface area contributed by atoms with Gasteiger partial charge in [-0.25, -0.2) is 9.48 Å². The molecule has 4 rings (SSSR count). The van der Waals surface area contributed by atoms with E-state index in [1.54, 1.807) is 31.4 Å². The first kappa shape index (κ1) is 17.5. The van der Waals surface area contributed by atoms with Crippen LogP contribution in [0.5, 0.6) is 5.75 Å². The highest BCUT2D eigenvalue weighted by molar-refractivity contribution is 5.88. The van der Waals surface area contributed by atoms with Gasteiger partial charge in [0.05, 0.1) is 29.7 Å². The Labute approximate surface area is 162 Å². The molecule has 0 saturated heterocycles. The van der Waals surface area contributed by atoms with Gasteiger partial charge in [0.2, 0.25) is 0 Å². The van der Waals surface area contributed by atoms with Crippen LogP contribution in [0.1, 0.15) is 10.4 Å². The number of hydrogen-bond acceptors (Lipinski definition) is 3. The summed E-state index contributed by atoms with van der Waals surface area (Å²) in [5, 5.41) is 13.9. The Morgan fingerprint density at radius 2 is 1.61 bits per heavy atom. The molecular weight excluding hydrogens is 352 g/mol. The molecule has 0 aliphatic rings. The van der Waals surface area contributed by atoms with Gasteiger partial charge < -0.3 is 9.84 Å². The second kappa shape index (κ2) is 7.40. The van der Waals surface area contributed by atoms with Crippen molar-refractivity contribution in [2.75, 3.05) is 7.11 Å². The van der Waals surface area contributed by atoms with Crippen LogP contribution in [0.3, 0.4) is 0 Å². The minimum absolute atomic E-state index is 0.246. The Morgan fingerprint density at radius 1 is 0.929 bits per heavy atom. The number of aromatic carboxylic acids is 1. The predicted octanol–water partition coefficient (Wildman–Crippen LogP) is 4.91. The second-order valence-corrected chi connectivity index (χ2v) is 6.24. The van der Waals surface area contributed by atoms with Gasteiger partial charge in [0.1, 0.15) is 5.75 Å². The van der Waals surface area contributed by atoms with Gasteiger partial charge in [-0.05, 0) is 42.5 Å². The van der Waals surface area contributed by atoms with E-state index in [9.17, 15) is 4.79 Å². The number of para-hydroxylation sites is 2. The third-order valence-electron chi connectivity index (χ3n) is 4.52. The summed E-state index contributed by atoms with van der Waals surface area (Å²) < 4.78 is 7.41. The molecule has 0 fully saturated rings. The molecule has 0 spiro atoms. The summed E-state index contributed by atoms with van der Waals surface area (Å²) in [6.07, 6.45) is 0. The van der Waals surface area contributed by atoms with Gasteiger partial charge in [-0.2, -0.15) is 5.10 Å². The van der Waals surface area contributed by atoms with Crippen molar-refractivity contribution >= 4 is 5.97 Å². The minimum atomic E-state index is -0.948. The lowest BCUT2D eigenvalue weighted by Gasteiger charge is -2.10. The summed E-state index contributed by atoms with van der Waals surface area (Å²) in [5.74, 6) is -0.191. The maximum absolute atomic E-state index is 11.1. The van der Waals surface area contributed by atoms with Crippen molar-refractivity contribution in [3.8, 4) is 34.0 Å². The smallest absolute Gasteiger partial charge is 0.335 e. The average Bonchev–Trinajstić information content (AvgIpc) is 3.19. The van der Waals surface area contributed by atoms with Crippen LogP contribution in [-0.2, 0) is 0 Å². The van der Waals surface area contributed by atoms with Crippen LogP contribution in [-0.4, -0.2) is 28.0 Å². The molecule has 0 bridgehead atoms. The van der Waals surface area contributed by atoms with Crippen molar-refractivity contribution in [3.63, 3.8) is 0 Å². The number of rotatable bonds is 5. The summed E-state index contributed by atoms with van der Waals surface area (Å²) >= 11 is 0. The van der Waals surface area contributed by atoms with Gasteiger partial charge in [-0.15, -0.1) is 0 Å². The number of methoxy groups -OCH3 is 1. The Balaban J connectivity index is 1.88. The summed E-state index contributed by atoms with van der Waals surface area (Å²) in [6.45, 7) is 0. The summed E-state index contributed by atoms with van der Waals surface area (Å²) in [6, 6.07) is 26.4. The van der Waals surface area contributed by atoms with E-state index in [0.29, 0.717) is 0 Å². The van der Waals surface area contributed by atoms with Crippen LogP contribution in [0, 0.1) is 0 Å². The van der Waals surface area contributed by atoms with Crippen LogP contribution in [0.2, 0.25) is 0 Å². The maximum Gasteiger partial charge on any atom is 0.335 e. The van der Waals surface area contributed by atoms with E-state index >= 15 is 0 Å². The van der Waals surface area contributed by atoms with E-state index in [1.165, 1.54) is 0 Å². The third kappa shape index (κ3) is 3.25. The molecule has 1 heterocycles. The van der Waals surface area contributed by atoms with Crippen molar-refractivity contribution in [2.24, 2.45) is 0 Å². The Bertz CT molecular complexity index is 1120. The van der Waals surface area contributed by atoms with Crippen molar-refractivity contribution in [2.45, 2.75) is 0 Å². The van der Waals surface area contributed by atoms with E-state index < -0.39 is 5.97 Å². The number of ether oxygens (including phenoxy) is 1. The van der Waals surface area contributed by atoms with E-state index in [1.807, 2.05) is 65.3 Å². The molecular formula is C23H18N2O3. The minimum Gasteiger partial charge on any atom is -0.496 e. The van der Waals surface area contributed by atoms with Crippen molar-refractivity contribution in [3.05, 3.63) is 90.5 Å². The number of carboxylic acid groups (broad SMARTS) is 1. The molecule has 138 valence electrons. The SMILES string of the molecule is COc1ccccc1-c1cc(-c2ccc(C(=O)O)cc2)nn1-c1ccccc1. The molecule has 5 nitrogen and oxygen atoms in total. The van der Waals surface area contributed by atoms with Crippen LogP contribution < -0.4 is 4.74 Å². The molecule has 1 N–H and O–H groups in total. The zero-order valence-electron chi connectivity index (χ0n) is 15.2. The molecule has 5 heteroatoms. The highest BCUT2D eigenvalue weighted by Gasteiger charge is 2.16. The van der Waals surface area contributed by atoms with Gasteiger partial charge in [0.25, 0.3) is 0 Å². The molecule has 3 aromatic carbocycles. The number of benzene rings is 3. The number of nitrogens with zero attached hydrogens (tertiary/aromatic N) is 2. The molecule has 0 atom stereocenters. The number of hydrogen-bond donors (Lipinski definition) is 1. The van der Waals surface area contributed by atoms with Crippen molar-refractivity contribution in [1.82, 2.24) is 9.78 Å². The Morgan fingerprint density at radius 3 is 2.29 bits per heavy atom. The maximum atomic E-state index is 11.1. The first-order valence-electron chi connectivity index (χ1n) is 8.80. The van der Waals surface area contributed by atoms with Crippen LogP contribution in [0.4, 0.5) is 0 Å². The fraction of sp³-hybridized carbons (Fsp3) is 0.0435. The van der Waals surface area contributed by atoms with Crippen LogP contribution in [0.25, 0.3) is 28.2 Å². The number of carboxylic acids is 1. The molecule has 28 heavy (non-hydrogen) atoms. The van der Waals surface area contributed by atoms with Gasteiger partial charge in [-0.3, -0.25) is 0 Å². The summed E-state index contributed by atoms with van der Waals surface area (Å²) in [7, 11) is 1.65. The molecule has 1 aromatic heterocycles. The van der Waals surface area contributed by atoms with E-state index in [0.717, 1.165) is 34.0 Å². The number of carbonyl (C=O) groups is 1. The molecule has 4 aromatic rings. The van der Waals surface area contributed by atoms with E-state index in [2.05, 4.69) is 0 Å². The van der Waals surface area contributed by atoms with Crippen LogP contribution in [0.15, 0.2) is 84.9 Å². The highest BCUT2D eigenvalue weighted by atomic mass is 16.5. The fourth-order valence-corrected chi connectivity index (χ4v) is 3.12. The van der Waals surface area contributed by atoms with E-state index in [-0.39, 0.29) is 5.56 Å². The van der Waals surface area contributed by atoms with Gasteiger partial charge >= 0.3 is 5.97 Å². The zero-order valence-corrected chi connectivity index (χ0v) is 15.2. The van der Waals surface area contributed by atoms with Gasteiger partial charge in [-0.1, -0.05) is 42.5 Å². The fourth-order valence-electron chi connectivity index (χ4n) is 3.12. The van der Waals surface area contributed by atoms with Gasteiger partial charge in [0, 0.05) is 11.1 Å². The zero-order chi connectivity index (χ0) is 19.5. The quantitative estimate of drug-likeness (QED) is 0.542. The Hall–Kier alpha value is -3.86. The lowest BCUT2D eigenvalue weighted by atomic mass is 10.1. The largest absolute Gasteiger partial charge is 0.496 e. The average molecular weight is 370 g/mol. The summed E-state index contributed by atoms with van der Waals surface area (Å²) in [5.41, 5.74) is 4.58. The topological polar surface area (TPSA) is 64.3 Å². The van der Waals surface area contributed by atoms with Crippen molar-refractivity contribution < 1.29 is 14.6 Å². The standard InChI is InChI=1S/C23H18N2O3/c1-28-22-10-6-5-9-19(22)21-15-20(16-11-13-17(14-12-16)23(26)27)24-25(21)18-7-3-2-4-8-18/h2-15H,1H3,(H,26,27).